The van der Waals surface area contributed by atoms with Crippen molar-refractivity contribution in [2.75, 3.05) is 4.90 Å². The molecule has 3 nitrogen and oxygen atoms in total. The van der Waals surface area contributed by atoms with Crippen molar-refractivity contribution in [3.63, 3.8) is 0 Å². The van der Waals surface area contributed by atoms with Crippen molar-refractivity contribution in [2.45, 2.75) is 45.1 Å². The highest BCUT2D eigenvalue weighted by atomic mass is 19.1. The molecule has 1 fully saturated rings. The van der Waals surface area contributed by atoms with Crippen molar-refractivity contribution in [1.82, 2.24) is 5.16 Å². The van der Waals surface area contributed by atoms with Gasteiger partial charge in [-0.05, 0) is 38.0 Å². The van der Waals surface area contributed by atoms with Gasteiger partial charge in [0.15, 0.2) is 5.82 Å². The highest BCUT2D eigenvalue weighted by Crippen LogP contribution is 2.33. The van der Waals surface area contributed by atoms with Gasteiger partial charge in [0.25, 0.3) is 0 Å². The predicted molar refractivity (Wildman–Crippen MR) is 76.7 cm³/mol. The van der Waals surface area contributed by atoms with Gasteiger partial charge < -0.3 is 9.42 Å². The van der Waals surface area contributed by atoms with E-state index < -0.39 is 0 Å². The van der Waals surface area contributed by atoms with Crippen LogP contribution in [-0.4, -0.2) is 11.2 Å². The second-order valence-electron chi connectivity index (χ2n) is 5.44. The SMILES string of the molecule is Cc1cc(N(c2cccc(F)c2)C2CCCCC2)no1. The summed E-state index contributed by atoms with van der Waals surface area (Å²) in [6.45, 7) is 1.88. The van der Waals surface area contributed by atoms with Crippen LogP contribution in [0.2, 0.25) is 0 Å². The Morgan fingerprint density at radius 3 is 2.65 bits per heavy atom. The van der Waals surface area contributed by atoms with E-state index in [1.54, 1.807) is 12.1 Å². The first-order chi connectivity index (χ1) is 9.74. The minimum atomic E-state index is -0.219. The van der Waals surface area contributed by atoms with Crippen molar-refractivity contribution in [1.29, 1.82) is 0 Å². The number of aromatic nitrogens is 1. The van der Waals surface area contributed by atoms with Crippen molar-refractivity contribution >= 4 is 11.5 Å². The molecule has 0 atom stereocenters. The molecule has 1 aliphatic rings. The van der Waals surface area contributed by atoms with E-state index in [1.807, 2.05) is 19.1 Å². The molecular weight excluding hydrogens is 255 g/mol. The third-order valence-corrected chi connectivity index (χ3v) is 3.89. The van der Waals surface area contributed by atoms with Gasteiger partial charge in [-0.3, -0.25) is 0 Å². The number of anilines is 2. The number of halogens is 1. The predicted octanol–water partition coefficient (Wildman–Crippen LogP) is 4.59. The monoisotopic (exact) mass is 274 g/mol. The molecule has 1 saturated carbocycles. The third-order valence-electron chi connectivity index (χ3n) is 3.89. The zero-order valence-electron chi connectivity index (χ0n) is 11.7. The summed E-state index contributed by atoms with van der Waals surface area (Å²) in [4.78, 5) is 2.12. The summed E-state index contributed by atoms with van der Waals surface area (Å²) in [6, 6.07) is 9.00. The lowest BCUT2D eigenvalue weighted by molar-refractivity contribution is 0.389. The Bertz CT molecular complexity index is 575. The zero-order chi connectivity index (χ0) is 13.9. The standard InChI is InChI=1S/C16H19FN2O/c1-12-10-16(18-20-12)19(14-7-3-2-4-8-14)15-9-5-6-13(17)11-15/h5-6,9-11,14H,2-4,7-8H2,1H3. The molecule has 1 aromatic carbocycles. The van der Waals surface area contributed by atoms with Gasteiger partial charge in [0, 0.05) is 17.8 Å². The Hall–Kier alpha value is -1.84. The summed E-state index contributed by atoms with van der Waals surface area (Å²) in [5, 5.41) is 4.13. The Labute approximate surface area is 118 Å². The maximum atomic E-state index is 13.5. The zero-order valence-corrected chi connectivity index (χ0v) is 11.7. The maximum Gasteiger partial charge on any atom is 0.176 e. The average Bonchev–Trinajstić information content (AvgIpc) is 2.87. The largest absolute Gasteiger partial charge is 0.360 e. The molecule has 0 aliphatic heterocycles. The first-order valence-corrected chi connectivity index (χ1v) is 7.22. The lowest BCUT2D eigenvalue weighted by Crippen LogP contribution is -2.33. The lowest BCUT2D eigenvalue weighted by atomic mass is 9.93. The molecule has 4 heteroatoms. The Balaban J connectivity index is 1.98. The molecule has 0 bridgehead atoms. The Morgan fingerprint density at radius 1 is 1.20 bits per heavy atom. The Morgan fingerprint density at radius 2 is 2.00 bits per heavy atom. The molecule has 1 aromatic heterocycles. The minimum Gasteiger partial charge on any atom is -0.360 e. The van der Waals surface area contributed by atoms with E-state index in [1.165, 1.54) is 25.3 Å². The molecule has 0 radical (unpaired) electrons. The second-order valence-corrected chi connectivity index (χ2v) is 5.44. The van der Waals surface area contributed by atoms with E-state index >= 15 is 0 Å². The quantitative estimate of drug-likeness (QED) is 0.819. The van der Waals surface area contributed by atoms with Crippen molar-refractivity contribution in [2.24, 2.45) is 0 Å². The smallest absolute Gasteiger partial charge is 0.176 e. The van der Waals surface area contributed by atoms with Crippen LogP contribution in [-0.2, 0) is 0 Å². The Kier molecular flexibility index (Phi) is 3.72. The molecule has 0 saturated heterocycles. The molecular formula is C16H19FN2O. The van der Waals surface area contributed by atoms with Gasteiger partial charge >= 0.3 is 0 Å². The van der Waals surface area contributed by atoms with E-state index in [0.717, 1.165) is 30.1 Å². The molecule has 1 aliphatic carbocycles. The summed E-state index contributed by atoms with van der Waals surface area (Å²) in [6.07, 6.45) is 5.94. The van der Waals surface area contributed by atoms with Crippen LogP contribution in [0.25, 0.3) is 0 Å². The van der Waals surface area contributed by atoms with Gasteiger partial charge in [-0.1, -0.05) is 30.5 Å². The van der Waals surface area contributed by atoms with Crippen LogP contribution < -0.4 is 4.90 Å². The number of rotatable bonds is 3. The normalized spacial score (nSPS) is 16.3. The van der Waals surface area contributed by atoms with E-state index in [4.69, 9.17) is 4.52 Å². The topological polar surface area (TPSA) is 29.3 Å². The number of hydrogen-bond acceptors (Lipinski definition) is 3. The highest BCUT2D eigenvalue weighted by molar-refractivity contribution is 5.61. The van der Waals surface area contributed by atoms with Crippen molar-refractivity contribution in [3.8, 4) is 0 Å². The van der Waals surface area contributed by atoms with Crippen LogP contribution >= 0.6 is 0 Å². The first kappa shape index (κ1) is 13.2. The van der Waals surface area contributed by atoms with Gasteiger partial charge in [-0.25, -0.2) is 4.39 Å². The summed E-state index contributed by atoms with van der Waals surface area (Å²) < 4.78 is 18.7. The summed E-state index contributed by atoms with van der Waals surface area (Å²) in [7, 11) is 0. The maximum absolute atomic E-state index is 13.5. The van der Waals surface area contributed by atoms with Crippen molar-refractivity contribution in [3.05, 3.63) is 41.9 Å². The van der Waals surface area contributed by atoms with E-state index in [2.05, 4.69) is 10.1 Å². The second kappa shape index (κ2) is 5.65. The summed E-state index contributed by atoms with van der Waals surface area (Å²) >= 11 is 0. The van der Waals surface area contributed by atoms with Gasteiger partial charge in [-0.15, -0.1) is 0 Å². The minimum absolute atomic E-state index is 0.219. The fourth-order valence-electron chi connectivity index (χ4n) is 2.96. The molecule has 3 rings (SSSR count). The number of nitrogens with zero attached hydrogens (tertiary/aromatic N) is 2. The van der Waals surface area contributed by atoms with Gasteiger partial charge in [0.05, 0.1) is 0 Å². The van der Waals surface area contributed by atoms with Crippen LogP contribution in [0.1, 0.15) is 37.9 Å². The molecule has 106 valence electrons. The lowest BCUT2D eigenvalue weighted by Gasteiger charge is -2.34. The van der Waals surface area contributed by atoms with Crippen LogP contribution in [0.15, 0.2) is 34.9 Å². The van der Waals surface area contributed by atoms with E-state index in [-0.39, 0.29) is 5.82 Å². The van der Waals surface area contributed by atoms with Crippen molar-refractivity contribution < 1.29 is 8.91 Å². The fourth-order valence-corrected chi connectivity index (χ4v) is 2.96. The van der Waals surface area contributed by atoms with Crippen LogP contribution in [0, 0.1) is 12.7 Å². The van der Waals surface area contributed by atoms with Gasteiger partial charge in [0.1, 0.15) is 11.6 Å². The molecule has 0 amide bonds. The molecule has 0 N–H and O–H groups in total. The first-order valence-electron chi connectivity index (χ1n) is 7.22. The molecule has 20 heavy (non-hydrogen) atoms. The molecule has 0 spiro atoms. The van der Waals surface area contributed by atoms with Crippen LogP contribution in [0.4, 0.5) is 15.9 Å². The number of benzene rings is 1. The number of aryl methyl sites for hydroxylation is 1. The summed E-state index contributed by atoms with van der Waals surface area (Å²) in [5.74, 6) is 1.33. The summed E-state index contributed by atoms with van der Waals surface area (Å²) in [5.41, 5.74) is 0.852. The highest BCUT2D eigenvalue weighted by Gasteiger charge is 2.25. The van der Waals surface area contributed by atoms with Crippen LogP contribution in [0.5, 0.6) is 0 Å². The van der Waals surface area contributed by atoms with E-state index in [0.29, 0.717) is 6.04 Å². The molecule has 0 unspecified atom stereocenters. The number of hydrogen-bond donors (Lipinski definition) is 0. The van der Waals surface area contributed by atoms with Gasteiger partial charge in [-0.2, -0.15) is 0 Å². The molecule has 1 heterocycles. The van der Waals surface area contributed by atoms with E-state index in [9.17, 15) is 4.39 Å². The van der Waals surface area contributed by atoms with Crippen LogP contribution in [0.3, 0.4) is 0 Å². The average molecular weight is 274 g/mol. The fraction of sp³-hybridized carbons (Fsp3) is 0.438. The third kappa shape index (κ3) is 2.69. The van der Waals surface area contributed by atoms with Gasteiger partial charge in [0.2, 0.25) is 0 Å². The molecule has 2 aromatic rings.